The Balaban J connectivity index is 0.00000200. The van der Waals surface area contributed by atoms with Crippen LogP contribution in [0, 0.1) is 0 Å². The number of nitrogens with one attached hydrogen (secondary N) is 2. The molecule has 5 nitrogen and oxygen atoms in total. The number of hydrogen-bond acceptors (Lipinski definition) is 4. The highest BCUT2D eigenvalue weighted by molar-refractivity contribution is 5.85. The summed E-state index contributed by atoms with van der Waals surface area (Å²) in [5, 5.41) is 6.18. The minimum absolute atomic E-state index is 0. The lowest BCUT2D eigenvalue weighted by Crippen LogP contribution is -2.37. The maximum Gasteiger partial charge on any atom is 0.249 e. The topological polar surface area (TPSA) is 59.6 Å². The van der Waals surface area contributed by atoms with Crippen LogP contribution in [-0.4, -0.2) is 51.0 Å². The van der Waals surface area contributed by atoms with E-state index in [1.54, 1.807) is 6.92 Å². The van der Waals surface area contributed by atoms with Gasteiger partial charge in [0.2, 0.25) is 5.91 Å². The van der Waals surface area contributed by atoms with Gasteiger partial charge < -0.3 is 20.1 Å². The molecular formula is C14H25ClN2O3. The molecule has 1 saturated heterocycles. The van der Waals surface area contributed by atoms with E-state index in [-0.39, 0.29) is 24.4 Å². The van der Waals surface area contributed by atoms with Crippen LogP contribution in [0.5, 0.6) is 0 Å². The first kappa shape index (κ1) is 17.4. The number of carbonyl (C=O) groups is 1. The minimum atomic E-state index is -0.411. The molecule has 0 saturated carbocycles. The Labute approximate surface area is 126 Å². The van der Waals surface area contributed by atoms with E-state index < -0.39 is 6.10 Å². The highest BCUT2D eigenvalue weighted by Crippen LogP contribution is 2.12. The average Bonchev–Trinajstić information content (AvgIpc) is 2.96. The Morgan fingerprint density at radius 3 is 3.15 bits per heavy atom. The molecule has 0 aromatic heterocycles. The molecule has 0 radical (unpaired) electrons. The van der Waals surface area contributed by atoms with E-state index in [4.69, 9.17) is 9.47 Å². The zero-order valence-corrected chi connectivity index (χ0v) is 12.8. The van der Waals surface area contributed by atoms with Crippen LogP contribution in [0.25, 0.3) is 0 Å². The van der Waals surface area contributed by atoms with Gasteiger partial charge in [0.05, 0.1) is 12.7 Å². The van der Waals surface area contributed by atoms with E-state index in [1.807, 2.05) is 0 Å². The van der Waals surface area contributed by atoms with Crippen molar-refractivity contribution in [2.24, 2.45) is 0 Å². The summed E-state index contributed by atoms with van der Waals surface area (Å²) in [6, 6.07) is 0. The molecule has 6 heteroatoms. The van der Waals surface area contributed by atoms with Gasteiger partial charge in [0.1, 0.15) is 6.10 Å². The molecule has 0 spiro atoms. The fourth-order valence-corrected chi connectivity index (χ4v) is 2.28. The maximum atomic E-state index is 11.9. The van der Waals surface area contributed by atoms with Crippen molar-refractivity contribution in [3.8, 4) is 0 Å². The number of hydrogen-bond donors (Lipinski definition) is 2. The summed E-state index contributed by atoms with van der Waals surface area (Å²) in [4.78, 5) is 11.9. The van der Waals surface area contributed by atoms with Crippen LogP contribution in [-0.2, 0) is 14.3 Å². The first-order valence-electron chi connectivity index (χ1n) is 7.15. The van der Waals surface area contributed by atoms with Crippen LogP contribution >= 0.6 is 12.4 Å². The van der Waals surface area contributed by atoms with Crippen LogP contribution < -0.4 is 10.6 Å². The standard InChI is InChI=1S/C14H24N2O3.ClH/c1-11(19-10-13-3-2-8-18-13)14(17)16-9-12-4-6-15-7-5-12;/h4,11,13,15H,2-3,5-10H2,1H3,(H,16,17);1H. The monoisotopic (exact) mass is 304 g/mol. The number of halogens is 1. The van der Waals surface area contributed by atoms with Crippen LogP contribution in [0.3, 0.4) is 0 Å². The van der Waals surface area contributed by atoms with E-state index >= 15 is 0 Å². The van der Waals surface area contributed by atoms with Crippen molar-refractivity contribution < 1.29 is 14.3 Å². The first-order chi connectivity index (χ1) is 9.25. The molecule has 1 amide bonds. The average molecular weight is 305 g/mol. The van der Waals surface area contributed by atoms with Gasteiger partial charge in [-0.25, -0.2) is 0 Å². The van der Waals surface area contributed by atoms with Crippen molar-refractivity contribution in [2.45, 2.75) is 38.4 Å². The lowest BCUT2D eigenvalue weighted by molar-refractivity contribution is -0.133. The predicted octanol–water partition coefficient (Wildman–Crippen LogP) is 1.03. The lowest BCUT2D eigenvalue weighted by Gasteiger charge is -2.18. The molecule has 2 rings (SSSR count). The van der Waals surface area contributed by atoms with E-state index in [1.165, 1.54) is 5.57 Å². The quantitative estimate of drug-likeness (QED) is 0.720. The molecule has 2 unspecified atom stereocenters. The number of carbonyl (C=O) groups excluding carboxylic acids is 1. The van der Waals surface area contributed by atoms with Gasteiger partial charge in [-0.1, -0.05) is 11.6 Å². The second kappa shape index (κ2) is 9.34. The largest absolute Gasteiger partial charge is 0.376 e. The highest BCUT2D eigenvalue weighted by atomic mass is 35.5. The molecule has 2 aliphatic heterocycles. The van der Waals surface area contributed by atoms with Gasteiger partial charge in [-0.15, -0.1) is 12.4 Å². The third-order valence-electron chi connectivity index (χ3n) is 3.57. The zero-order valence-electron chi connectivity index (χ0n) is 12.0. The van der Waals surface area contributed by atoms with Crippen LogP contribution in [0.4, 0.5) is 0 Å². The fraction of sp³-hybridized carbons (Fsp3) is 0.786. The van der Waals surface area contributed by atoms with E-state index in [0.29, 0.717) is 13.2 Å². The lowest BCUT2D eigenvalue weighted by atomic mass is 10.1. The summed E-state index contributed by atoms with van der Waals surface area (Å²) in [6.45, 7) is 5.65. The minimum Gasteiger partial charge on any atom is -0.376 e. The van der Waals surface area contributed by atoms with Crippen molar-refractivity contribution in [3.63, 3.8) is 0 Å². The molecule has 0 aromatic rings. The summed E-state index contributed by atoms with van der Waals surface area (Å²) in [5.74, 6) is -0.0440. The Bertz CT molecular complexity index is 330. The second-order valence-corrected chi connectivity index (χ2v) is 5.14. The molecule has 1 fully saturated rings. The molecule has 2 aliphatic rings. The number of amides is 1. The van der Waals surface area contributed by atoms with Crippen molar-refractivity contribution in [1.82, 2.24) is 10.6 Å². The van der Waals surface area contributed by atoms with Crippen molar-refractivity contribution in [2.75, 3.05) is 32.8 Å². The van der Waals surface area contributed by atoms with Crippen LogP contribution in [0.15, 0.2) is 11.6 Å². The third kappa shape index (κ3) is 5.79. The van der Waals surface area contributed by atoms with Crippen LogP contribution in [0.1, 0.15) is 26.2 Å². The van der Waals surface area contributed by atoms with Gasteiger partial charge in [0.25, 0.3) is 0 Å². The van der Waals surface area contributed by atoms with Gasteiger partial charge in [-0.2, -0.15) is 0 Å². The number of rotatable bonds is 6. The number of ether oxygens (including phenoxy) is 2. The summed E-state index contributed by atoms with van der Waals surface area (Å²) in [5.41, 5.74) is 1.29. The summed E-state index contributed by atoms with van der Waals surface area (Å²) < 4.78 is 11.0. The van der Waals surface area contributed by atoms with Crippen molar-refractivity contribution in [3.05, 3.63) is 11.6 Å². The molecule has 2 heterocycles. The molecule has 0 aromatic carbocycles. The van der Waals surface area contributed by atoms with E-state index in [0.717, 1.165) is 39.0 Å². The molecule has 2 atom stereocenters. The van der Waals surface area contributed by atoms with Gasteiger partial charge >= 0.3 is 0 Å². The molecule has 2 N–H and O–H groups in total. The van der Waals surface area contributed by atoms with E-state index in [9.17, 15) is 4.79 Å². The highest BCUT2D eigenvalue weighted by Gasteiger charge is 2.19. The molecule has 20 heavy (non-hydrogen) atoms. The van der Waals surface area contributed by atoms with Crippen molar-refractivity contribution >= 4 is 18.3 Å². The molecule has 0 bridgehead atoms. The SMILES string of the molecule is CC(OCC1CCCO1)C(=O)NCC1=CCNCC1.Cl. The molecule has 116 valence electrons. The summed E-state index contributed by atoms with van der Waals surface area (Å²) >= 11 is 0. The maximum absolute atomic E-state index is 11.9. The Morgan fingerprint density at radius 1 is 1.65 bits per heavy atom. The predicted molar refractivity (Wildman–Crippen MR) is 80.2 cm³/mol. The summed E-state index contributed by atoms with van der Waals surface area (Å²) in [6.07, 6.45) is 5.03. The van der Waals surface area contributed by atoms with Crippen molar-refractivity contribution in [1.29, 1.82) is 0 Å². The Kier molecular flexibility index (Phi) is 8.14. The Hall–Kier alpha value is -0.620. The zero-order chi connectivity index (χ0) is 13.5. The normalized spacial score (nSPS) is 23.6. The van der Waals surface area contributed by atoms with Gasteiger partial charge in [-0.05, 0) is 32.7 Å². The first-order valence-corrected chi connectivity index (χ1v) is 7.15. The Morgan fingerprint density at radius 2 is 2.50 bits per heavy atom. The fourth-order valence-electron chi connectivity index (χ4n) is 2.28. The van der Waals surface area contributed by atoms with E-state index in [2.05, 4.69) is 16.7 Å². The van der Waals surface area contributed by atoms with Gasteiger partial charge in [0, 0.05) is 19.7 Å². The summed E-state index contributed by atoms with van der Waals surface area (Å²) in [7, 11) is 0. The second-order valence-electron chi connectivity index (χ2n) is 5.14. The molecular weight excluding hydrogens is 280 g/mol. The third-order valence-corrected chi connectivity index (χ3v) is 3.57. The van der Waals surface area contributed by atoms with Gasteiger partial charge in [-0.3, -0.25) is 4.79 Å². The smallest absolute Gasteiger partial charge is 0.249 e. The molecule has 0 aliphatic carbocycles. The van der Waals surface area contributed by atoms with Crippen LogP contribution in [0.2, 0.25) is 0 Å². The van der Waals surface area contributed by atoms with Gasteiger partial charge in [0.15, 0.2) is 0 Å².